The third kappa shape index (κ3) is 15.5. The van der Waals surface area contributed by atoms with Gasteiger partial charge in [0.25, 0.3) is 0 Å². The molecular weight excluding hydrogens is 216 g/mol. The largest absolute Gasteiger partial charge is 0.0885 e. The van der Waals surface area contributed by atoms with Crippen LogP contribution in [0.15, 0.2) is 24.3 Å². The fourth-order valence-corrected chi connectivity index (χ4v) is 2.01. The maximum Gasteiger partial charge on any atom is -0.0351 e. The Bertz CT molecular complexity index is 188. The van der Waals surface area contributed by atoms with Crippen LogP contribution < -0.4 is 0 Å². The molecule has 0 atom stereocenters. The molecule has 0 saturated carbocycles. The fourth-order valence-electron chi connectivity index (χ4n) is 2.01. The van der Waals surface area contributed by atoms with E-state index in [2.05, 4.69) is 38.2 Å². The lowest BCUT2D eigenvalue weighted by atomic mass is 10.1. The maximum absolute atomic E-state index is 2.38. The highest BCUT2D eigenvalue weighted by Gasteiger charge is 1.86. The molecule has 0 fully saturated rings. The summed E-state index contributed by atoms with van der Waals surface area (Å²) in [6, 6.07) is 0. The molecule has 0 heteroatoms. The number of hydrogen-bond donors (Lipinski definition) is 0. The first kappa shape index (κ1) is 17.5. The summed E-state index contributed by atoms with van der Waals surface area (Å²) in [5.41, 5.74) is 0. The van der Waals surface area contributed by atoms with E-state index >= 15 is 0 Å². The Balaban J connectivity index is 3.08. The van der Waals surface area contributed by atoms with Crippen molar-refractivity contribution >= 4 is 0 Å². The van der Waals surface area contributed by atoms with Crippen LogP contribution in [-0.2, 0) is 0 Å². The van der Waals surface area contributed by atoms with Gasteiger partial charge in [0.2, 0.25) is 0 Å². The van der Waals surface area contributed by atoms with Gasteiger partial charge < -0.3 is 0 Å². The number of allylic oxidation sites excluding steroid dienone is 4. The highest BCUT2D eigenvalue weighted by molar-refractivity contribution is 4.83. The second kappa shape index (κ2) is 16.5. The molecule has 0 radical (unpaired) electrons. The number of unbranched alkanes of at least 4 members (excludes halogenated alkanes) is 9. The van der Waals surface area contributed by atoms with Crippen LogP contribution in [0.4, 0.5) is 0 Å². The van der Waals surface area contributed by atoms with Crippen molar-refractivity contribution in [1.82, 2.24) is 0 Å². The van der Waals surface area contributed by atoms with Gasteiger partial charge in [-0.1, -0.05) is 70.3 Å². The fraction of sp³-hybridized carbons (Fsp3) is 0.778. The normalized spacial score (nSPS) is 11.9. The standard InChI is InChI=1S/C18H34/c1-3-5-7-9-11-13-15-17-18-16-14-12-10-8-6-4-2/h9,11-12,14H,3-8,10,13,15-18H2,1-2H3. The van der Waals surface area contributed by atoms with Crippen LogP contribution in [0.25, 0.3) is 0 Å². The van der Waals surface area contributed by atoms with Gasteiger partial charge in [0.05, 0.1) is 0 Å². The summed E-state index contributed by atoms with van der Waals surface area (Å²) in [6.45, 7) is 4.52. The predicted molar refractivity (Wildman–Crippen MR) is 85.0 cm³/mol. The summed E-state index contributed by atoms with van der Waals surface area (Å²) < 4.78 is 0. The van der Waals surface area contributed by atoms with Crippen LogP contribution in [-0.4, -0.2) is 0 Å². The molecule has 0 saturated heterocycles. The molecule has 0 spiro atoms. The average Bonchev–Trinajstić information content (AvgIpc) is 2.39. The molecule has 0 aliphatic carbocycles. The van der Waals surface area contributed by atoms with E-state index in [4.69, 9.17) is 0 Å². The van der Waals surface area contributed by atoms with E-state index in [9.17, 15) is 0 Å². The van der Waals surface area contributed by atoms with E-state index < -0.39 is 0 Å². The molecule has 0 aromatic rings. The third-order valence-corrected chi connectivity index (χ3v) is 3.27. The molecule has 0 aliphatic heterocycles. The number of rotatable bonds is 13. The topological polar surface area (TPSA) is 0 Å². The van der Waals surface area contributed by atoms with E-state index in [0.717, 1.165) is 0 Å². The summed E-state index contributed by atoms with van der Waals surface area (Å²) >= 11 is 0. The van der Waals surface area contributed by atoms with Crippen LogP contribution >= 0.6 is 0 Å². The van der Waals surface area contributed by atoms with Gasteiger partial charge in [0, 0.05) is 0 Å². The lowest BCUT2D eigenvalue weighted by Crippen LogP contribution is -1.76. The van der Waals surface area contributed by atoms with Crippen LogP contribution in [0.2, 0.25) is 0 Å². The van der Waals surface area contributed by atoms with Crippen LogP contribution in [0, 0.1) is 0 Å². The zero-order valence-electron chi connectivity index (χ0n) is 12.8. The quantitative estimate of drug-likeness (QED) is 0.248. The van der Waals surface area contributed by atoms with E-state index in [-0.39, 0.29) is 0 Å². The zero-order valence-corrected chi connectivity index (χ0v) is 12.8. The van der Waals surface area contributed by atoms with Crippen molar-refractivity contribution in [1.29, 1.82) is 0 Å². The molecule has 0 rings (SSSR count). The lowest BCUT2D eigenvalue weighted by molar-refractivity contribution is 0.690. The lowest BCUT2D eigenvalue weighted by Gasteiger charge is -1.96. The summed E-state index contributed by atoms with van der Waals surface area (Å²) in [4.78, 5) is 0. The van der Waals surface area contributed by atoms with Crippen molar-refractivity contribution < 1.29 is 0 Å². The second-order valence-electron chi connectivity index (χ2n) is 5.22. The average molecular weight is 250 g/mol. The third-order valence-electron chi connectivity index (χ3n) is 3.27. The highest BCUT2D eigenvalue weighted by Crippen LogP contribution is 2.06. The minimum atomic E-state index is 1.27. The molecule has 18 heavy (non-hydrogen) atoms. The van der Waals surface area contributed by atoms with Crippen molar-refractivity contribution in [2.75, 3.05) is 0 Å². The Morgan fingerprint density at radius 2 is 0.833 bits per heavy atom. The molecule has 0 unspecified atom stereocenters. The van der Waals surface area contributed by atoms with Crippen molar-refractivity contribution in [2.24, 2.45) is 0 Å². The molecule has 0 aliphatic rings. The maximum atomic E-state index is 2.38. The van der Waals surface area contributed by atoms with Crippen molar-refractivity contribution in [3.63, 3.8) is 0 Å². The van der Waals surface area contributed by atoms with E-state index in [1.165, 1.54) is 77.0 Å². The minimum Gasteiger partial charge on any atom is -0.0885 e. The summed E-state index contributed by atoms with van der Waals surface area (Å²) in [6.07, 6.45) is 25.5. The first-order valence-electron chi connectivity index (χ1n) is 8.21. The van der Waals surface area contributed by atoms with Crippen LogP contribution in [0.3, 0.4) is 0 Å². The van der Waals surface area contributed by atoms with Gasteiger partial charge in [-0.3, -0.25) is 0 Å². The molecule has 0 amide bonds. The van der Waals surface area contributed by atoms with Gasteiger partial charge in [0.1, 0.15) is 0 Å². The molecule has 0 nitrogen and oxygen atoms in total. The molecule has 0 aromatic heterocycles. The Morgan fingerprint density at radius 3 is 1.28 bits per heavy atom. The van der Waals surface area contributed by atoms with Crippen molar-refractivity contribution in [2.45, 2.75) is 90.9 Å². The first-order valence-corrected chi connectivity index (χ1v) is 8.21. The van der Waals surface area contributed by atoms with Gasteiger partial charge >= 0.3 is 0 Å². The summed E-state index contributed by atoms with van der Waals surface area (Å²) in [5, 5.41) is 0. The summed E-state index contributed by atoms with van der Waals surface area (Å²) in [7, 11) is 0. The van der Waals surface area contributed by atoms with Crippen LogP contribution in [0.1, 0.15) is 90.9 Å². The van der Waals surface area contributed by atoms with Crippen molar-refractivity contribution in [3.05, 3.63) is 24.3 Å². The smallest absolute Gasteiger partial charge is 0.0351 e. The molecule has 0 N–H and O–H groups in total. The first-order chi connectivity index (χ1) is 8.91. The van der Waals surface area contributed by atoms with E-state index in [1.807, 2.05) is 0 Å². The van der Waals surface area contributed by atoms with Crippen LogP contribution in [0.5, 0.6) is 0 Å². The van der Waals surface area contributed by atoms with Gasteiger partial charge in [-0.15, -0.1) is 0 Å². The van der Waals surface area contributed by atoms with Gasteiger partial charge in [-0.25, -0.2) is 0 Å². The molecule has 0 bridgehead atoms. The predicted octanol–water partition coefficient (Wildman–Crippen LogP) is 6.82. The minimum absolute atomic E-state index is 1.27. The number of hydrogen-bond acceptors (Lipinski definition) is 0. The monoisotopic (exact) mass is 250 g/mol. The van der Waals surface area contributed by atoms with Crippen molar-refractivity contribution in [3.8, 4) is 0 Å². The van der Waals surface area contributed by atoms with E-state index in [1.54, 1.807) is 0 Å². The van der Waals surface area contributed by atoms with E-state index in [0.29, 0.717) is 0 Å². The molecular formula is C18H34. The van der Waals surface area contributed by atoms with Gasteiger partial charge in [-0.2, -0.15) is 0 Å². The van der Waals surface area contributed by atoms with Gasteiger partial charge in [0.15, 0.2) is 0 Å². The Hall–Kier alpha value is -0.520. The van der Waals surface area contributed by atoms with Gasteiger partial charge in [-0.05, 0) is 44.9 Å². The molecule has 0 heterocycles. The Kier molecular flexibility index (Phi) is 16.0. The Morgan fingerprint density at radius 1 is 0.444 bits per heavy atom. The SMILES string of the molecule is CCCCC=CCCCCCC=CCCCCC. The second-order valence-corrected chi connectivity index (χ2v) is 5.22. The molecule has 106 valence electrons. The zero-order chi connectivity index (χ0) is 13.3. The molecule has 0 aromatic carbocycles. The highest BCUT2D eigenvalue weighted by atomic mass is 13.9. The Labute approximate surface area is 116 Å². The summed E-state index contributed by atoms with van der Waals surface area (Å²) in [5.74, 6) is 0.